The molecule has 3 N–H and O–H groups in total. The summed E-state index contributed by atoms with van der Waals surface area (Å²) in [4.78, 5) is 15.5. The smallest absolute Gasteiger partial charge is 0.255 e. The summed E-state index contributed by atoms with van der Waals surface area (Å²) in [5.41, 5.74) is 5.72. The summed E-state index contributed by atoms with van der Waals surface area (Å²) in [7, 11) is 0. The lowest BCUT2D eigenvalue weighted by Gasteiger charge is -2.27. The number of amides is 1. The minimum absolute atomic E-state index is 0.0392. The Morgan fingerprint density at radius 2 is 2.17 bits per heavy atom. The van der Waals surface area contributed by atoms with E-state index in [1.165, 1.54) is 0 Å². The van der Waals surface area contributed by atoms with Crippen LogP contribution in [-0.2, 0) is 0 Å². The van der Waals surface area contributed by atoms with Crippen LogP contribution in [0, 0.1) is 17.2 Å². The Balaban J connectivity index is 2.69. The average molecular weight is 253 g/mol. The molecule has 1 aromatic heterocycles. The van der Waals surface area contributed by atoms with Gasteiger partial charge in [0.2, 0.25) is 0 Å². The zero-order valence-corrected chi connectivity index (χ0v) is 11.2. The molecule has 0 bridgehead atoms. The van der Waals surface area contributed by atoms with Gasteiger partial charge in [0.05, 0.1) is 11.8 Å². The summed E-state index contributed by atoms with van der Waals surface area (Å²) in [6.45, 7) is 8.86. The number of carbonyl (C=O) groups is 1. The van der Waals surface area contributed by atoms with Crippen LogP contribution < -0.4 is 11.1 Å². The number of nitrogens with one attached hydrogen (secondary N) is 1. The molecule has 0 radical (unpaired) electrons. The van der Waals surface area contributed by atoms with Crippen molar-refractivity contribution in [3.63, 3.8) is 0 Å². The van der Waals surface area contributed by atoms with Crippen molar-refractivity contribution in [2.24, 2.45) is 11.3 Å². The average Bonchev–Trinajstić information content (AvgIpc) is 2.27. The number of aromatic nitrogens is 1. The van der Waals surface area contributed by atoms with E-state index in [1.807, 2.05) is 6.92 Å². The van der Waals surface area contributed by atoms with Crippen LogP contribution in [0.3, 0.4) is 0 Å². The molecular formula is C13H20FN3O. The van der Waals surface area contributed by atoms with Crippen molar-refractivity contribution in [2.75, 3.05) is 12.3 Å². The predicted octanol–water partition coefficient (Wildman–Crippen LogP) is 2.21. The Morgan fingerprint density at radius 1 is 1.56 bits per heavy atom. The third kappa shape index (κ3) is 3.68. The number of carbonyl (C=O) groups excluding carboxylic acids is 1. The number of anilines is 1. The van der Waals surface area contributed by atoms with Gasteiger partial charge in [-0.25, -0.2) is 9.37 Å². The number of nitrogens with zero attached hydrogens (tertiary/aromatic N) is 1. The Hall–Kier alpha value is -1.65. The molecule has 0 aliphatic rings. The third-order valence-electron chi connectivity index (χ3n) is 3.18. The minimum Gasteiger partial charge on any atom is -0.383 e. The first kappa shape index (κ1) is 14.4. The number of hydrogen-bond acceptors (Lipinski definition) is 3. The lowest BCUT2D eigenvalue weighted by atomic mass is 9.82. The van der Waals surface area contributed by atoms with Gasteiger partial charge in [-0.15, -0.1) is 0 Å². The molecule has 1 heterocycles. The molecule has 1 unspecified atom stereocenters. The van der Waals surface area contributed by atoms with E-state index in [-0.39, 0.29) is 16.8 Å². The second kappa shape index (κ2) is 5.33. The van der Waals surface area contributed by atoms with E-state index in [0.29, 0.717) is 12.5 Å². The Bertz CT molecular complexity index is 440. The SMILES string of the molecule is CC(CNC(=O)c1cc(F)cnc1N)C(C)(C)C. The van der Waals surface area contributed by atoms with Gasteiger partial charge in [-0.3, -0.25) is 4.79 Å². The molecule has 4 nitrogen and oxygen atoms in total. The zero-order valence-electron chi connectivity index (χ0n) is 11.2. The number of nitrogens with two attached hydrogens (primary N) is 1. The molecule has 5 heteroatoms. The highest BCUT2D eigenvalue weighted by Gasteiger charge is 2.21. The first-order valence-corrected chi connectivity index (χ1v) is 5.91. The van der Waals surface area contributed by atoms with Gasteiger partial charge in [0, 0.05) is 6.54 Å². The summed E-state index contributed by atoms with van der Waals surface area (Å²) < 4.78 is 13.0. The summed E-state index contributed by atoms with van der Waals surface area (Å²) in [6.07, 6.45) is 0.990. The maximum absolute atomic E-state index is 13.0. The van der Waals surface area contributed by atoms with Crippen molar-refractivity contribution < 1.29 is 9.18 Å². The molecule has 1 amide bonds. The van der Waals surface area contributed by atoms with Crippen LogP contribution in [-0.4, -0.2) is 17.4 Å². The lowest BCUT2D eigenvalue weighted by Crippen LogP contribution is -2.34. The molecule has 18 heavy (non-hydrogen) atoms. The molecule has 0 aliphatic heterocycles. The van der Waals surface area contributed by atoms with Crippen LogP contribution in [0.2, 0.25) is 0 Å². The summed E-state index contributed by atoms with van der Waals surface area (Å²) >= 11 is 0. The van der Waals surface area contributed by atoms with Gasteiger partial charge in [0.25, 0.3) is 5.91 Å². The van der Waals surface area contributed by atoms with Gasteiger partial charge >= 0.3 is 0 Å². The molecule has 1 rings (SSSR count). The monoisotopic (exact) mass is 253 g/mol. The second-order valence-corrected chi connectivity index (χ2v) is 5.56. The van der Waals surface area contributed by atoms with Crippen molar-refractivity contribution in [1.29, 1.82) is 0 Å². The first-order valence-electron chi connectivity index (χ1n) is 5.91. The Labute approximate surface area is 107 Å². The first-order chi connectivity index (χ1) is 8.21. The largest absolute Gasteiger partial charge is 0.383 e. The zero-order chi connectivity index (χ0) is 13.9. The van der Waals surface area contributed by atoms with Crippen LogP contribution in [0.15, 0.2) is 12.3 Å². The van der Waals surface area contributed by atoms with E-state index in [9.17, 15) is 9.18 Å². The molecule has 0 fully saturated rings. The van der Waals surface area contributed by atoms with Crippen molar-refractivity contribution >= 4 is 11.7 Å². The topological polar surface area (TPSA) is 68.0 Å². The molecule has 0 saturated heterocycles. The lowest BCUT2D eigenvalue weighted by molar-refractivity contribution is 0.0937. The predicted molar refractivity (Wildman–Crippen MR) is 69.6 cm³/mol. The van der Waals surface area contributed by atoms with E-state index in [4.69, 9.17) is 5.73 Å². The molecule has 0 saturated carbocycles. The summed E-state index contributed by atoms with van der Waals surface area (Å²) in [5.74, 6) is -0.629. The van der Waals surface area contributed by atoms with Gasteiger partial charge in [-0.05, 0) is 17.4 Å². The van der Waals surface area contributed by atoms with Gasteiger partial charge in [0.1, 0.15) is 11.6 Å². The molecule has 1 aromatic rings. The Kier molecular flexibility index (Phi) is 4.27. The standard InChI is InChI=1S/C13H20FN3O/c1-8(13(2,3)4)6-17-12(18)10-5-9(14)7-16-11(10)15/h5,7-8H,6H2,1-4H3,(H2,15,16)(H,17,18). The molecule has 100 valence electrons. The highest BCUT2D eigenvalue weighted by molar-refractivity contribution is 5.98. The maximum atomic E-state index is 13.0. The van der Waals surface area contributed by atoms with E-state index < -0.39 is 11.7 Å². The maximum Gasteiger partial charge on any atom is 0.255 e. The number of hydrogen-bond donors (Lipinski definition) is 2. The van der Waals surface area contributed by atoms with Crippen LogP contribution in [0.25, 0.3) is 0 Å². The molecule has 0 aromatic carbocycles. The van der Waals surface area contributed by atoms with Crippen molar-refractivity contribution in [3.05, 3.63) is 23.6 Å². The van der Waals surface area contributed by atoms with Gasteiger partial charge < -0.3 is 11.1 Å². The van der Waals surface area contributed by atoms with E-state index >= 15 is 0 Å². The highest BCUT2D eigenvalue weighted by Crippen LogP contribution is 2.24. The fraction of sp³-hybridized carbons (Fsp3) is 0.538. The minimum atomic E-state index is -0.571. The van der Waals surface area contributed by atoms with E-state index in [2.05, 4.69) is 31.1 Å². The number of nitrogen functional groups attached to an aromatic ring is 1. The third-order valence-corrected chi connectivity index (χ3v) is 3.18. The van der Waals surface area contributed by atoms with Crippen LogP contribution in [0.5, 0.6) is 0 Å². The van der Waals surface area contributed by atoms with Crippen molar-refractivity contribution in [2.45, 2.75) is 27.7 Å². The normalized spacial score (nSPS) is 13.2. The van der Waals surface area contributed by atoms with E-state index in [1.54, 1.807) is 0 Å². The van der Waals surface area contributed by atoms with Gasteiger partial charge in [-0.2, -0.15) is 0 Å². The summed E-state index contributed by atoms with van der Waals surface area (Å²) in [5, 5.41) is 2.75. The molecule has 0 spiro atoms. The number of halogens is 1. The quantitative estimate of drug-likeness (QED) is 0.867. The van der Waals surface area contributed by atoms with E-state index in [0.717, 1.165) is 12.3 Å². The van der Waals surface area contributed by atoms with Gasteiger partial charge in [0.15, 0.2) is 0 Å². The van der Waals surface area contributed by atoms with Crippen LogP contribution in [0.4, 0.5) is 10.2 Å². The summed E-state index contributed by atoms with van der Waals surface area (Å²) in [6, 6.07) is 1.10. The van der Waals surface area contributed by atoms with Gasteiger partial charge in [-0.1, -0.05) is 27.7 Å². The molecule has 1 atom stereocenters. The fourth-order valence-corrected chi connectivity index (χ4v) is 1.28. The number of pyridine rings is 1. The van der Waals surface area contributed by atoms with Crippen LogP contribution in [0.1, 0.15) is 38.1 Å². The van der Waals surface area contributed by atoms with Crippen LogP contribution >= 0.6 is 0 Å². The highest BCUT2D eigenvalue weighted by atomic mass is 19.1. The number of rotatable bonds is 3. The van der Waals surface area contributed by atoms with Crippen molar-refractivity contribution in [1.82, 2.24) is 10.3 Å². The fourth-order valence-electron chi connectivity index (χ4n) is 1.28. The molecule has 0 aliphatic carbocycles. The van der Waals surface area contributed by atoms with Crippen molar-refractivity contribution in [3.8, 4) is 0 Å². The molecular weight excluding hydrogens is 233 g/mol. The second-order valence-electron chi connectivity index (χ2n) is 5.56. The Morgan fingerprint density at radius 3 is 2.72 bits per heavy atom.